The largest absolute Gasteiger partial charge is 0.369 e. The van der Waals surface area contributed by atoms with Gasteiger partial charge in [-0.2, -0.15) is 0 Å². The lowest BCUT2D eigenvalue weighted by Crippen LogP contribution is -2.47. The molecule has 0 saturated carbocycles. The van der Waals surface area contributed by atoms with E-state index < -0.39 is 0 Å². The molecule has 0 amide bonds. The van der Waals surface area contributed by atoms with Gasteiger partial charge in [0, 0.05) is 36.9 Å². The molecule has 1 saturated heterocycles. The highest BCUT2D eigenvalue weighted by atomic mass is 35.5. The fourth-order valence-corrected chi connectivity index (χ4v) is 3.07. The number of benzene rings is 1. The van der Waals surface area contributed by atoms with Gasteiger partial charge in [0.1, 0.15) is 0 Å². The second kappa shape index (κ2) is 8.62. The molecule has 4 heteroatoms. The van der Waals surface area contributed by atoms with Crippen LogP contribution in [0.3, 0.4) is 0 Å². The first-order chi connectivity index (χ1) is 10.2. The van der Waals surface area contributed by atoms with Gasteiger partial charge in [-0.1, -0.05) is 25.4 Å². The minimum Gasteiger partial charge on any atom is -0.369 e. The number of rotatable bonds is 7. The molecule has 0 atom stereocenters. The standard InChI is InChI=1S/C17H28ClN3/c1-3-19(4-2)10-5-11-20-12-14-21(15-13-20)17-8-6-16(18)7-9-17/h6-9H,3-5,10-15H2,1-2H3. The van der Waals surface area contributed by atoms with E-state index in [1.54, 1.807) is 0 Å². The second-order valence-corrected chi connectivity index (χ2v) is 6.12. The Balaban J connectivity index is 1.69. The average Bonchev–Trinajstić information content (AvgIpc) is 2.53. The summed E-state index contributed by atoms with van der Waals surface area (Å²) in [6.45, 7) is 13.8. The molecular weight excluding hydrogens is 282 g/mol. The molecular formula is C17H28ClN3. The van der Waals surface area contributed by atoms with Gasteiger partial charge in [-0.25, -0.2) is 0 Å². The molecule has 21 heavy (non-hydrogen) atoms. The van der Waals surface area contributed by atoms with E-state index in [9.17, 15) is 0 Å². The summed E-state index contributed by atoms with van der Waals surface area (Å²) in [5.41, 5.74) is 1.29. The molecule has 1 aliphatic rings. The van der Waals surface area contributed by atoms with Crippen LogP contribution in [-0.2, 0) is 0 Å². The molecule has 3 nitrogen and oxygen atoms in total. The van der Waals surface area contributed by atoms with Gasteiger partial charge in [0.2, 0.25) is 0 Å². The lowest BCUT2D eigenvalue weighted by atomic mass is 10.2. The van der Waals surface area contributed by atoms with Gasteiger partial charge in [-0.3, -0.25) is 4.90 Å². The van der Waals surface area contributed by atoms with Gasteiger partial charge in [0.05, 0.1) is 0 Å². The van der Waals surface area contributed by atoms with E-state index >= 15 is 0 Å². The first-order valence-electron chi connectivity index (χ1n) is 8.18. The first kappa shape index (κ1) is 16.6. The molecule has 1 fully saturated rings. The zero-order valence-electron chi connectivity index (χ0n) is 13.4. The van der Waals surface area contributed by atoms with Crippen LogP contribution in [-0.4, -0.2) is 62.2 Å². The van der Waals surface area contributed by atoms with Crippen LogP contribution in [0, 0.1) is 0 Å². The number of nitrogens with zero attached hydrogens (tertiary/aromatic N) is 3. The summed E-state index contributed by atoms with van der Waals surface area (Å²) in [6.07, 6.45) is 1.28. The monoisotopic (exact) mass is 309 g/mol. The van der Waals surface area contributed by atoms with Crippen LogP contribution < -0.4 is 4.90 Å². The summed E-state index contributed by atoms with van der Waals surface area (Å²) in [5.74, 6) is 0. The summed E-state index contributed by atoms with van der Waals surface area (Å²) in [7, 11) is 0. The Hall–Kier alpha value is -0.770. The molecule has 1 heterocycles. The molecule has 0 bridgehead atoms. The maximum atomic E-state index is 5.95. The normalized spacial score (nSPS) is 16.7. The van der Waals surface area contributed by atoms with Crippen LogP contribution in [0.5, 0.6) is 0 Å². The average molecular weight is 310 g/mol. The van der Waals surface area contributed by atoms with Crippen molar-refractivity contribution in [1.82, 2.24) is 9.80 Å². The molecule has 0 N–H and O–H groups in total. The number of hydrogen-bond donors (Lipinski definition) is 0. The van der Waals surface area contributed by atoms with Crippen molar-refractivity contribution in [2.45, 2.75) is 20.3 Å². The van der Waals surface area contributed by atoms with E-state index in [-0.39, 0.29) is 0 Å². The summed E-state index contributed by atoms with van der Waals surface area (Å²) in [4.78, 5) is 7.55. The highest BCUT2D eigenvalue weighted by Crippen LogP contribution is 2.19. The first-order valence-corrected chi connectivity index (χ1v) is 8.56. The van der Waals surface area contributed by atoms with Crippen LogP contribution in [0.25, 0.3) is 0 Å². The van der Waals surface area contributed by atoms with E-state index in [0.717, 1.165) is 18.1 Å². The summed E-state index contributed by atoms with van der Waals surface area (Å²) < 4.78 is 0. The number of anilines is 1. The molecule has 1 aliphatic heterocycles. The fourth-order valence-electron chi connectivity index (χ4n) is 2.94. The number of hydrogen-bond acceptors (Lipinski definition) is 3. The topological polar surface area (TPSA) is 9.72 Å². The van der Waals surface area contributed by atoms with Crippen LogP contribution in [0.15, 0.2) is 24.3 Å². The zero-order valence-corrected chi connectivity index (χ0v) is 14.1. The molecule has 0 spiro atoms. The minimum atomic E-state index is 0.814. The predicted molar refractivity (Wildman–Crippen MR) is 92.5 cm³/mol. The van der Waals surface area contributed by atoms with Crippen LogP contribution in [0.4, 0.5) is 5.69 Å². The van der Waals surface area contributed by atoms with E-state index in [1.807, 2.05) is 12.1 Å². The van der Waals surface area contributed by atoms with Crippen molar-refractivity contribution in [3.8, 4) is 0 Å². The van der Waals surface area contributed by atoms with Gasteiger partial charge >= 0.3 is 0 Å². The zero-order chi connectivity index (χ0) is 15.1. The molecule has 0 unspecified atom stereocenters. The third kappa shape index (κ3) is 5.17. The Labute approximate surface area is 134 Å². The van der Waals surface area contributed by atoms with E-state index in [2.05, 4.69) is 40.7 Å². The van der Waals surface area contributed by atoms with Gasteiger partial charge in [-0.15, -0.1) is 0 Å². The summed E-state index contributed by atoms with van der Waals surface area (Å²) in [6, 6.07) is 8.21. The smallest absolute Gasteiger partial charge is 0.0407 e. The van der Waals surface area contributed by atoms with Crippen molar-refractivity contribution in [3.05, 3.63) is 29.3 Å². The summed E-state index contributed by atoms with van der Waals surface area (Å²) >= 11 is 5.95. The highest BCUT2D eigenvalue weighted by molar-refractivity contribution is 6.30. The number of piperazine rings is 1. The van der Waals surface area contributed by atoms with Gasteiger partial charge in [0.25, 0.3) is 0 Å². The highest BCUT2D eigenvalue weighted by Gasteiger charge is 2.16. The van der Waals surface area contributed by atoms with Crippen molar-refractivity contribution in [2.75, 3.05) is 57.3 Å². The maximum absolute atomic E-state index is 5.95. The van der Waals surface area contributed by atoms with Crippen LogP contribution >= 0.6 is 11.6 Å². The van der Waals surface area contributed by atoms with E-state index in [0.29, 0.717) is 0 Å². The Morgan fingerprint density at radius 2 is 1.62 bits per heavy atom. The van der Waals surface area contributed by atoms with Crippen LogP contribution in [0.1, 0.15) is 20.3 Å². The predicted octanol–water partition coefficient (Wildman–Crippen LogP) is 3.19. The minimum absolute atomic E-state index is 0.814. The Morgan fingerprint density at radius 1 is 1.00 bits per heavy atom. The van der Waals surface area contributed by atoms with Gasteiger partial charge in [0.15, 0.2) is 0 Å². The Morgan fingerprint density at radius 3 is 2.19 bits per heavy atom. The van der Waals surface area contributed by atoms with E-state index in [4.69, 9.17) is 11.6 Å². The molecule has 0 aromatic heterocycles. The molecule has 118 valence electrons. The lowest BCUT2D eigenvalue weighted by molar-refractivity contribution is 0.227. The Bertz CT molecular complexity index is 395. The molecule has 1 aromatic carbocycles. The maximum Gasteiger partial charge on any atom is 0.0407 e. The third-order valence-corrected chi connectivity index (χ3v) is 4.66. The molecule has 1 aromatic rings. The SMILES string of the molecule is CCN(CC)CCCN1CCN(c2ccc(Cl)cc2)CC1. The quantitative estimate of drug-likeness (QED) is 0.766. The molecule has 2 rings (SSSR count). The summed E-state index contributed by atoms with van der Waals surface area (Å²) in [5, 5.41) is 0.814. The van der Waals surface area contributed by atoms with Crippen molar-refractivity contribution in [1.29, 1.82) is 0 Å². The van der Waals surface area contributed by atoms with Crippen molar-refractivity contribution >= 4 is 17.3 Å². The molecule has 0 radical (unpaired) electrons. The van der Waals surface area contributed by atoms with Gasteiger partial charge in [-0.05, 0) is 56.9 Å². The van der Waals surface area contributed by atoms with Gasteiger partial charge < -0.3 is 9.80 Å². The lowest BCUT2D eigenvalue weighted by Gasteiger charge is -2.36. The second-order valence-electron chi connectivity index (χ2n) is 5.69. The Kier molecular flexibility index (Phi) is 6.81. The van der Waals surface area contributed by atoms with Crippen molar-refractivity contribution in [3.63, 3.8) is 0 Å². The van der Waals surface area contributed by atoms with Crippen molar-refractivity contribution in [2.24, 2.45) is 0 Å². The van der Waals surface area contributed by atoms with Crippen molar-refractivity contribution < 1.29 is 0 Å². The molecule has 0 aliphatic carbocycles. The van der Waals surface area contributed by atoms with Crippen LogP contribution in [0.2, 0.25) is 5.02 Å². The third-order valence-electron chi connectivity index (χ3n) is 4.41. The number of halogens is 1. The van der Waals surface area contributed by atoms with E-state index in [1.165, 1.54) is 51.4 Å². The fraction of sp³-hybridized carbons (Fsp3) is 0.647.